The molecule has 3 heteroatoms. The van der Waals surface area contributed by atoms with Gasteiger partial charge in [0.25, 0.3) is 0 Å². The fraction of sp³-hybridized carbons (Fsp3) is 0.636. The maximum Gasteiger partial charge on any atom is 0.158 e. The number of aryl methyl sites for hydroxylation is 2. The first-order valence-corrected chi connectivity index (χ1v) is 5.10. The second-order valence-corrected chi connectivity index (χ2v) is 4.15. The van der Waals surface area contributed by atoms with Crippen LogP contribution in [0.15, 0.2) is 6.20 Å². The van der Waals surface area contributed by atoms with E-state index in [0.29, 0.717) is 0 Å². The second kappa shape index (κ2) is 3.56. The third-order valence-electron chi connectivity index (χ3n) is 2.78. The van der Waals surface area contributed by atoms with Crippen molar-refractivity contribution in [2.75, 3.05) is 6.61 Å². The first-order chi connectivity index (χ1) is 6.66. The maximum absolute atomic E-state index is 5.66. The highest BCUT2D eigenvalue weighted by Crippen LogP contribution is 2.37. The Morgan fingerprint density at radius 2 is 2.21 bits per heavy atom. The summed E-state index contributed by atoms with van der Waals surface area (Å²) in [6, 6.07) is 0. The summed E-state index contributed by atoms with van der Waals surface area (Å²) in [7, 11) is 0. The lowest BCUT2D eigenvalue weighted by atomic mass is 10.3. The summed E-state index contributed by atoms with van der Waals surface area (Å²) < 4.78 is 5.66. The van der Waals surface area contributed by atoms with Gasteiger partial charge in [-0.25, -0.2) is 9.97 Å². The molecule has 0 radical (unpaired) electrons. The summed E-state index contributed by atoms with van der Waals surface area (Å²) >= 11 is 0. The van der Waals surface area contributed by atoms with Crippen molar-refractivity contribution in [3.8, 4) is 5.75 Å². The Morgan fingerprint density at radius 3 is 2.79 bits per heavy atom. The van der Waals surface area contributed by atoms with E-state index in [1.54, 1.807) is 6.20 Å². The summed E-state index contributed by atoms with van der Waals surface area (Å²) in [6.45, 7) is 6.92. The summed E-state index contributed by atoms with van der Waals surface area (Å²) in [6.07, 6.45) is 3.07. The number of nitrogens with zero attached hydrogens (tertiary/aromatic N) is 2. The zero-order valence-electron chi connectivity index (χ0n) is 8.95. The quantitative estimate of drug-likeness (QED) is 0.735. The molecule has 0 N–H and O–H groups in total. The number of hydrogen-bond acceptors (Lipinski definition) is 3. The Hall–Kier alpha value is -1.12. The van der Waals surface area contributed by atoms with E-state index in [-0.39, 0.29) is 0 Å². The van der Waals surface area contributed by atoms with E-state index in [2.05, 4.69) is 16.9 Å². The van der Waals surface area contributed by atoms with Crippen molar-refractivity contribution in [1.29, 1.82) is 0 Å². The predicted octanol–water partition coefficient (Wildman–Crippen LogP) is 2.13. The number of ether oxygens (including phenoxy) is 1. The zero-order chi connectivity index (χ0) is 10.1. The van der Waals surface area contributed by atoms with Gasteiger partial charge in [-0.3, -0.25) is 0 Å². The van der Waals surface area contributed by atoms with Crippen molar-refractivity contribution >= 4 is 0 Å². The zero-order valence-corrected chi connectivity index (χ0v) is 8.95. The molecule has 1 aliphatic carbocycles. The Balaban J connectivity index is 1.95. The fourth-order valence-corrected chi connectivity index (χ4v) is 1.54. The highest BCUT2D eigenvalue weighted by atomic mass is 16.5. The minimum Gasteiger partial charge on any atom is -0.490 e. The molecule has 14 heavy (non-hydrogen) atoms. The first-order valence-electron chi connectivity index (χ1n) is 5.10. The van der Waals surface area contributed by atoms with E-state index >= 15 is 0 Å². The van der Waals surface area contributed by atoms with Crippen LogP contribution in [0, 0.1) is 25.7 Å². The van der Waals surface area contributed by atoms with Gasteiger partial charge in [-0.05, 0) is 32.1 Å². The highest BCUT2D eigenvalue weighted by molar-refractivity contribution is 5.23. The van der Waals surface area contributed by atoms with Gasteiger partial charge in [0.05, 0.1) is 18.5 Å². The lowest BCUT2D eigenvalue weighted by Crippen LogP contribution is -2.04. The third kappa shape index (κ3) is 2.03. The van der Waals surface area contributed by atoms with Crippen LogP contribution in [0.4, 0.5) is 0 Å². The molecule has 0 saturated heterocycles. The molecule has 3 nitrogen and oxygen atoms in total. The fourth-order valence-electron chi connectivity index (χ4n) is 1.54. The average molecular weight is 192 g/mol. The van der Waals surface area contributed by atoms with Gasteiger partial charge in [-0.2, -0.15) is 0 Å². The van der Waals surface area contributed by atoms with Gasteiger partial charge in [-0.15, -0.1) is 0 Å². The van der Waals surface area contributed by atoms with Gasteiger partial charge < -0.3 is 4.74 Å². The van der Waals surface area contributed by atoms with Crippen LogP contribution in [0.5, 0.6) is 5.75 Å². The van der Waals surface area contributed by atoms with Crippen molar-refractivity contribution in [1.82, 2.24) is 9.97 Å². The van der Waals surface area contributed by atoms with Gasteiger partial charge >= 0.3 is 0 Å². The largest absolute Gasteiger partial charge is 0.490 e. The Bertz CT molecular complexity index is 338. The number of hydrogen-bond donors (Lipinski definition) is 0. The predicted molar refractivity (Wildman–Crippen MR) is 54.3 cm³/mol. The minimum absolute atomic E-state index is 0.746. The summed E-state index contributed by atoms with van der Waals surface area (Å²) in [5.74, 6) is 3.21. The van der Waals surface area contributed by atoms with E-state index < -0.39 is 0 Å². The van der Waals surface area contributed by atoms with Gasteiger partial charge in [0.15, 0.2) is 5.75 Å². The standard InChI is InChI=1S/C11H16N2O/c1-7-4-10(7)6-14-11-5-12-9(3)13-8(11)2/h5,7,10H,4,6H2,1-3H3. The van der Waals surface area contributed by atoms with Crippen LogP contribution in [-0.4, -0.2) is 16.6 Å². The average Bonchev–Trinajstić information content (AvgIpc) is 2.80. The molecule has 2 rings (SSSR count). The van der Waals surface area contributed by atoms with E-state index in [1.807, 2.05) is 13.8 Å². The molecule has 1 heterocycles. The molecule has 1 aliphatic rings. The molecule has 0 amide bonds. The van der Waals surface area contributed by atoms with Crippen LogP contribution in [0.1, 0.15) is 24.9 Å². The molecule has 0 aliphatic heterocycles. The summed E-state index contributed by atoms with van der Waals surface area (Å²) in [5, 5.41) is 0. The lowest BCUT2D eigenvalue weighted by molar-refractivity contribution is 0.288. The van der Waals surface area contributed by atoms with E-state index in [1.165, 1.54) is 6.42 Å². The number of rotatable bonds is 3. The SMILES string of the molecule is Cc1ncc(OCC2CC2C)c(C)n1. The van der Waals surface area contributed by atoms with Crippen LogP contribution < -0.4 is 4.74 Å². The Kier molecular flexibility index (Phi) is 2.40. The Morgan fingerprint density at radius 1 is 1.50 bits per heavy atom. The van der Waals surface area contributed by atoms with Crippen molar-refractivity contribution in [2.24, 2.45) is 11.8 Å². The van der Waals surface area contributed by atoms with Crippen LogP contribution in [0.3, 0.4) is 0 Å². The molecule has 1 fully saturated rings. The molecular weight excluding hydrogens is 176 g/mol. The van der Waals surface area contributed by atoms with Crippen LogP contribution in [-0.2, 0) is 0 Å². The normalized spacial score (nSPS) is 24.8. The minimum atomic E-state index is 0.746. The third-order valence-corrected chi connectivity index (χ3v) is 2.78. The molecule has 0 spiro atoms. The topological polar surface area (TPSA) is 35.0 Å². The van der Waals surface area contributed by atoms with Gasteiger partial charge in [0.2, 0.25) is 0 Å². The molecule has 2 atom stereocenters. The Labute approximate surface area is 84.5 Å². The number of aromatic nitrogens is 2. The summed E-state index contributed by atoms with van der Waals surface area (Å²) in [5.41, 5.74) is 0.936. The highest BCUT2D eigenvalue weighted by Gasteiger charge is 2.33. The molecule has 1 saturated carbocycles. The van der Waals surface area contributed by atoms with Gasteiger partial charge in [0, 0.05) is 0 Å². The monoisotopic (exact) mass is 192 g/mol. The van der Waals surface area contributed by atoms with Crippen LogP contribution >= 0.6 is 0 Å². The van der Waals surface area contributed by atoms with Crippen LogP contribution in [0.25, 0.3) is 0 Å². The van der Waals surface area contributed by atoms with Gasteiger partial charge in [0.1, 0.15) is 5.82 Å². The van der Waals surface area contributed by atoms with Crippen molar-refractivity contribution in [3.05, 3.63) is 17.7 Å². The first kappa shape index (κ1) is 9.44. The van der Waals surface area contributed by atoms with E-state index in [0.717, 1.165) is 35.7 Å². The lowest BCUT2D eigenvalue weighted by Gasteiger charge is -2.07. The smallest absolute Gasteiger partial charge is 0.158 e. The van der Waals surface area contributed by atoms with Crippen LogP contribution in [0.2, 0.25) is 0 Å². The molecular formula is C11H16N2O. The molecule has 2 unspecified atom stereocenters. The molecule has 76 valence electrons. The molecule has 0 bridgehead atoms. The van der Waals surface area contributed by atoms with Gasteiger partial charge in [-0.1, -0.05) is 6.92 Å². The second-order valence-electron chi connectivity index (χ2n) is 4.15. The maximum atomic E-state index is 5.66. The molecule has 1 aromatic rings. The van der Waals surface area contributed by atoms with Crippen molar-refractivity contribution in [2.45, 2.75) is 27.2 Å². The molecule has 0 aromatic carbocycles. The van der Waals surface area contributed by atoms with Crippen molar-refractivity contribution < 1.29 is 4.74 Å². The van der Waals surface area contributed by atoms with E-state index in [4.69, 9.17) is 4.74 Å². The summed E-state index contributed by atoms with van der Waals surface area (Å²) in [4.78, 5) is 8.38. The molecule has 1 aromatic heterocycles. The van der Waals surface area contributed by atoms with Crippen molar-refractivity contribution in [3.63, 3.8) is 0 Å². The van der Waals surface area contributed by atoms with E-state index in [9.17, 15) is 0 Å².